The summed E-state index contributed by atoms with van der Waals surface area (Å²) in [4.78, 5) is 20.1. The molecule has 1 heterocycles. The van der Waals surface area contributed by atoms with Crippen LogP contribution in [0.15, 0.2) is 24.3 Å². The van der Waals surface area contributed by atoms with Crippen LogP contribution in [0, 0.1) is 3.57 Å². The second-order valence-electron chi connectivity index (χ2n) is 3.90. The van der Waals surface area contributed by atoms with Crippen molar-refractivity contribution in [3.05, 3.63) is 33.4 Å². The molecule has 0 saturated carbocycles. The standard InChI is InChI=1S/C13H12IN3O4/c1-20-10-6-11(21-2)16-13(15-10)17-12(19)7-3-4-8(14)9(18)5-7/h3-6,18H,1-2H3,(H,15,16,17,19). The Labute approximate surface area is 134 Å². The number of carbonyl (C=O) groups is 1. The fraction of sp³-hybridized carbons (Fsp3) is 0.154. The second-order valence-corrected chi connectivity index (χ2v) is 5.06. The molecule has 0 radical (unpaired) electrons. The lowest BCUT2D eigenvalue weighted by Gasteiger charge is -2.08. The maximum atomic E-state index is 12.1. The highest BCUT2D eigenvalue weighted by Crippen LogP contribution is 2.22. The Morgan fingerprint density at radius 2 is 1.81 bits per heavy atom. The number of phenolic OH excluding ortho intramolecular Hbond substituents is 1. The zero-order valence-electron chi connectivity index (χ0n) is 11.3. The molecule has 2 rings (SSSR count). The third kappa shape index (κ3) is 3.72. The smallest absolute Gasteiger partial charge is 0.258 e. The number of nitrogens with one attached hydrogen (secondary N) is 1. The lowest BCUT2D eigenvalue weighted by atomic mass is 10.2. The number of methoxy groups -OCH3 is 2. The molecule has 0 aliphatic heterocycles. The zero-order valence-corrected chi connectivity index (χ0v) is 13.4. The summed E-state index contributed by atoms with van der Waals surface area (Å²) in [5.74, 6) is 0.170. The number of anilines is 1. The molecule has 2 aromatic rings. The van der Waals surface area contributed by atoms with Crippen LogP contribution in [-0.4, -0.2) is 35.2 Å². The van der Waals surface area contributed by atoms with Gasteiger partial charge in [-0.05, 0) is 40.8 Å². The first-order valence-electron chi connectivity index (χ1n) is 5.80. The predicted octanol–water partition coefficient (Wildman–Crippen LogP) is 2.06. The summed E-state index contributed by atoms with van der Waals surface area (Å²) >= 11 is 1.97. The van der Waals surface area contributed by atoms with E-state index in [1.54, 1.807) is 12.1 Å². The highest BCUT2D eigenvalue weighted by Gasteiger charge is 2.12. The SMILES string of the molecule is COc1cc(OC)nc(NC(=O)c2ccc(I)c(O)c2)n1. The van der Waals surface area contributed by atoms with E-state index in [0.29, 0.717) is 9.13 Å². The van der Waals surface area contributed by atoms with E-state index in [1.807, 2.05) is 22.6 Å². The second kappa shape index (κ2) is 6.57. The first-order valence-corrected chi connectivity index (χ1v) is 6.88. The molecule has 7 nitrogen and oxygen atoms in total. The van der Waals surface area contributed by atoms with Gasteiger partial charge in [0.05, 0.1) is 23.9 Å². The van der Waals surface area contributed by atoms with E-state index in [9.17, 15) is 9.90 Å². The van der Waals surface area contributed by atoms with Crippen LogP contribution in [0.3, 0.4) is 0 Å². The van der Waals surface area contributed by atoms with Gasteiger partial charge in [-0.25, -0.2) is 0 Å². The van der Waals surface area contributed by atoms with Gasteiger partial charge < -0.3 is 14.6 Å². The molecule has 2 N–H and O–H groups in total. The monoisotopic (exact) mass is 401 g/mol. The van der Waals surface area contributed by atoms with Gasteiger partial charge in [0.25, 0.3) is 5.91 Å². The van der Waals surface area contributed by atoms with Crippen LogP contribution in [0.25, 0.3) is 0 Å². The molecular weight excluding hydrogens is 389 g/mol. The van der Waals surface area contributed by atoms with Crippen LogP contribution < -0.4 is 14.8 Å². The number of hydrogen-bond acceptors (Lipinski definition) is 6. The van der Waals surface area contributed by atoms with Crippen molar-refractivity contribution in [2.24, 2.45) is 0 Å². The Kier molecular flexibility index (Phi) is 4.78. The molecule has 21 heavy (non-hydrogen) atoms. The third-order valence-electron chi connectivity index (χ3n) is 2.53. The molecule has 1 aromatic heterocycles. The minimum Gasteiger partial charge on any atom is -0.507 e. The van der Waals surface area contributed by atoms with Crippen LogP contribution in [0.4, 0.5) is 5.95 Å². The number of aromatic nitrogens is 2. The first kappa shape index (κ1) is 15.3. The van der Waals surface area contributed by atoms with Gasteiger partial charge in [0, 0.05) is 5.56 Å². The summed E-state index contributed by atoms with van der Waals surface area (Å²) in [6, 6.07) is 6.09. The molecular formula is C13H12IN3O4. The molecule has 8 heteroatoms. The number of ether oxygens (including phenoxy) is 2. The Morgan fingerprint density at radius 3 is 2.33 bits per heavy atom. The van der Waals surface area contributed by atoms with E-state index < -0.39 is 5.91 Å². The lowest BCUT2D eigenvalue weighted by molar-refractivity contribution is 0.102. The average molecular weight is 401 g/mol. The number of hydrogen-bond donors (Lipinski definition) is 2. The van der Waals surface area contributed by atoms with E-state index in [1.165, 1.54) is 26.4 Å². The van der Waals surface area contributed by atoms with E-state index >= 15 is 0 Å². The highest BCUT2D eigenvalue weighted by molar-refractivity contribution is 14.1. The summed E-state index contributed by atoms with van der Waals surface area (Å²) in [5, 5.41) is 12.1. The number of amides is 1. The van der Waals surface area contributed by atoms with Gasteiger partial charge >= 0.3 is 0 Å². The number of benzene rings is 1. The fourth-order valence-corrected chi connectivity index (χ4v) is 1.83. The molecule has 0 fully saturated rings. The minimum atomic E-state index is -0.447. The minimum absolute atomic E-state index is 0.0346. The van der Waals surface area contributed by atoms with Crippen molar-refractivity contribution in [3.63, 3.8) is 0 Å². The summed E-state index contributed by atoms with van der Waals surface area (Å²) < 4.78 is 10.6. The number of carbonyl (C=O) groups excluding carboxylic acids is 1. The molecule has 0 saturated heterocycles. The number of halogens is 1. The van der Waals surface area contributed by atoms with Crippen LogP contribution in [0.1, 0.15) is 10.4 Å². The van der Waals surface area contributed by atoms with Gasteiger partial charge in [0.1, 0.15) is 5.75 Å². The number of aromatic hydroxyl groups is 1. The zero-order chi connectivity index (χ0) is 15.4. The Hall–Kier alpha value is -2.10. The number of nitrogens with zero attached hydrogens (tertiary/aromatic N) is 2. The number of phenols is 1. The van der Waals surface area contributed by atoms with Gasteiger partial charge in [-0.1, -0.05) is 0 Å². The summed E-state index contributed by atoms with van der Waals surface area (Å²) in [7, 11) is 2.90. The quantitative estimate of drug-likeness (QED) is 0.762. The van der Waals surface area contributed by atoms with Crippen molar-refractivity contribution in [2.45, 2.75) is 0 Å². The molecule has 0 unspecified atom stereocenters. The maximum Gasteiger partial charge on any atom is 0.258 e. The van der Waals surface area contributed by atoms with Crippen LogP contribution >= 0.6 is 22.6 Å². The van der Waals surface area contributed by atoms with Crippen LogP contribution in [0.5, 0.6) is 17.5 Å². The summed E-state index contributed by atoms with van der Waals surface area (Å²) in [6.45, 7) is 0. The Morgan fingerprint density at radius 1 is 1.19 bits per heavy atom. The normalized spacial score (nSPS) is 10.0. The summed E-state index contributed by atoms with van der Waals surface area (Å²) in [5.41, 5.74) is 0.290. The van der Waals surface area contributed by atoms with E-state index in [0.717, 1.165) is 0 Å². The molecule has 110 valence electrons. The van der Waals surface area contributed by atoms with Crippen molar-refractivity contribution < 1.29 is 19.4 Å². The van der Waals surface area contributed by atoms with Gasteiger partial charge in [-0.2, -0.15) is 9.97 Å². The topological polar surface area (TPSA) is 93.6 Å². The van der Waals surface area contributed by atoms with Crippen molar-refractivity contribution in [1.29, 1.82) is 0 Å². The third-order valence-corrected chi connectivity index (χ3v) is 3.44. The molecule has 0 spiro atoms. The van der Waals surface area contributed by atoms with E-state index in [2.05, 4.69) is 15.3 Å². The highest BCUT2D eigenvalue weighted by atomic mass is 127. The number of rotatable bonds is 4. The molecule has 1 amide bonds. The van der Waals surface area contributed by atoms with E-state index in [-0.39, 0.29) is 23.5 Å². The maximum absolute atomic E-state index is 12.1. The molecule has 0 atom stereocenters. The van der Waals surface area contributed by atoms with Gasteiger partial charge in [0.2, 0.25) is 17.7 Å². The molecule has 1 aromatic carbocycles. The van der Waals surface area contributed by atoms with Crippen molar-refractivity contribution in [1.82, 2.24) is 9.97 Å². The Bertz CT molecular complexity index is 656. The first-order chi connectivity index (χ1) is 10.0. The molecule has 0 aliphatic rings. The summed E-state index contributed by atoms with van der Waals surface area (Å²) in [6.07, 6.45) is 0. The van der Waals surface area contributed by atoms with Crippen LogP contribution in [0.2, 0.25) is 0 Å². The fourth-order valence-electron chi connectivity index (χ4n) is 1.50. The van der Waals surface area contributed by atoms with Gasteiger partial charge in [0.15, 0.2) is 0 Å². The average Bonchev–Trinajstić information content (AvgIpc) is 2.49. The van der Waals surface area contributed by atoms with Crippen molar-refractivity contribution in [3.8, 4) is 17.5 Å². The molecule has 0 aliphatic carbocycles. The predicted molar refractivity (Wildman–Crippen MR) is 83.9 cm³/mol. The largest absolute Gasteiger partial charge is 0.507 e. The molecule has 0 bridgehead atoms. The van der Waals surface area contributed by atoms with Crippen LogP contribution in [-0.2, 0) is 0 Å². The van der Waals surface area contributed by atoms with Crippen molar-refractivity contribution in [2.75, 3.05) is 19.5 Å². The lowest BCUT2D eigenvalue weighted by Crippen LogP contribution is -2.14. The van der Waals surface area contributed by atoms with Gasteiger partial charge in [-0.15, -0.1) is 0 Å². The van der Waals surface area contributed by atoms with Crippen molar-refractivity contribution >= 4 is 34.4 Å². The van der Waals surface area contributed by atoms with E-state index in [4.69, 9.17) is 9.47 Å². The van der Waals surface area contributed by atoms with Gasteiger partial charge in [-0.3, -0.25) is 10.1 Å². The Balaban J connectivity index is 2.24.